The van der Waals surface area contributed by atoms with Crippen LogP contribution in [-0.4, -0.2) is 4.98 Å². The van der Waals surface area contributed by atoms with Gasteiger partial charge >= 0.3 is 0 Å². The lowest BCUT2D eigenvalue weighted by atomic mass is 10.3. The third-order valence-corrected chi connectivity index (χ3v) is 3.23. The van der Waals surface area contributed by atoms with Crippen LogP contribution in [0.1, 0.15) is 4.88 Å². The predicted molar refractivity (Wildman–Crippen MR) is 68.7 cm³/mol. The van der Waals surface area contributed by atoms with Crippen LogP contribution in [0.3, 0.4) is 0 Å². The Morgan fingerprint density at radius 3 is 2.94 bits per heavy atom. The Morgan fingerprint density at radius 1 is 1.38 bits per heavy atom. The number of rotatable bonds is 4. The van der Waals surface area contributed by atoms with E-state index in [4.69, 9.17) is 17.4 Å². The van der Waals surface area contributed by atoms with Gasteiger partial charge in [0.25, 0.3) is 0 Å². The number of nitrogens with zero attached hydrogens (tertiary/aromatic N) is 1. The maximum Gasteiger partial charge on any atom is 0.141 e. The van der Waals surface area contributed by atoms with Crippen molar-refractivity contribution in [2.75, 3.05) is 10.7 Å². The number of nitrogens with two attached hydrogens (primary N) is 1. The van der Waals surface area contributed by atoms with Gasteiger partial charge in [-0.3, -0.25) is 0 Å². The predicted octanol–water partition coefficient (Wildman–Crippen LogP) is 2.69. The van der Waals surface area contributed by atoms with Crippen LogP contribution in [-0.2, 0) is 6.54 Å². The second-order valence-electron chi connectivity index (χ2n) is 3.13. The van der Waals surface area contributed by atoms with E-state index >= 15 is 0 Å². The summed E-state index contributed by atoms with van der Waals surface area (Å²) < 4.78 is 0.802. The van der Waals surface area contributed by atoms with Crippen molar-refractivity contribution in [1.29, 1.82) is 0 Å². The average Bonchev–Trinajstić information content (AvgIpc) is 2.73. The number of pyridine rings is 1. The third kappa shape index (κ3) is 2.85. The molecule has 0 aliphatic rings. The summed E-state index contributed by atoms with van der Waals surface area (Å²) in [7, 11) is 0. The van der Waals surface area contributed by atoms with E-state index < -0.39 is 0 Å². The zero-order valence-corrected chi connectivity index (χ0v) is 9.98. The highest BCUT2D eigenvalue weighted by Gasteiger charge is 1.99. The highest BCUT2D eigenvalue weighted by Crippen LogP contribution is 2.22. The van der Waals surface area contributed by atoms with Crippen LogP contribution in [0.4, 0.5) is 11.5 Å². The lowest BCUT2D eigenvalue weighted by molar-refractivity contribution is 1.17. The molecule has 84 valence electrons. The van der Waals surface area contributed by atoms with Gasteiger partial charge < -0.3 is 10.7 Å². The van der Waals surface area contributed by atoms with E-state index in [9.17, 15) is 0 Å². The summed E-state index contributed by atoms with van der Waals surface area (Å²) in [5.74, 6) is 5.91. The van der Waals surface area contributed by atoms with Crippen molar-refractivity contribution >= 4 is 34.4 Å². The number of nitrogens with one attached hydrogen (secondary N) is 2. The lowest BCUT2D eigenvalue weighted by Crippen LogP contribution is -2.08. The largest absolute Gasteiger partial charge is 0.380 e. The van der Waals surface area contributed by atoms with Gasteiger partial charge in [-0.1, -0.05) is 11.6 Å². The number of aromatic nitrogens is 1. The molecule has 0 atom stereocenters. The van der Waals surface area contributed by atoms with Crippen molar-refractivity contribution in [2.45, 2.75) is 6.54 Å². The monoisotopic (exact) mass is 254 g/mol. The van der Waals surface area contributed by atoms with Crippen molar-refractivity contribution in [2.24, 2.45) is 5.84 Å². The van der Waals surface area contributed by atoms with E-state index in [0.29, 0.717) is 5.82 Å². The molecule has 0 fully saturated rings. The van der Waals surface area contributed by atoms with Crippen LogP contribution < -0.4 is 16.6 Å². The van der Waals surface area contributed by atoms with Gasteiger partial charge in [-0.25, -0.2) is 10.8 Å². The van der Waals surface area contributed by atoms with E-state index in [0.717, 1.165) is 16.6 Å². The first-order valence-electron chi connectivity index (χ1n) is 4.68. The van der Waals surface area contributed by atoms with Crippen LogP contribution in [0.2, 0.25) is 4.34 Å². The van der Waals surface area contributed by atoms with Crippen molar-refractivity contribution in [3.05, 3.63) is 39.7 Å². The molecule has 0 aromatic carbocycles. The minimum absolute atomic E-state index is 0.634. The third-order valence-electron chi connectivity index (χ3n) is 2.00. The lowest BCUT2D eigenvalue weighted by Gasteiger charge is -2.06. The normalized spacial score (nSPS) is 10.1. The highest BCUT2D eigenvalue weighted by molar-refractivity contribution is 7.16. The number of halogens is 1. The molecule has 0 radical (unpaired) electrons. The maximum atomic E-state index is 5.84. The Labute approximate surface area is 102 Å². The maximum absolute atomic E-state index is 5.84. The van der Waals surface area contributed by atoms with E-state index in [2.05, 4.69) is 15.7 Å². The molecule has 0 aliphatic heterocycles. The number of hydrogen-bond acceptors (Lipinski definition) is 5. The molecular weight excluding hydrogens is 244 g/mol. The second-order valence-corrected chi connectivity index (χ2v) is 4.93. The molecule has 0 unspecified atom stereocenters. The molecule has 2 aromatic rings. The van der Waals surface area contributed by atoms with Crippen LogP contribution >= 0.6 is 22.9 Å². The number of thiophene rings is 1. The first-order chi connectivity index (χ1) is 7.78. The van der Waals surface area contributed by atoms with Gasteiger partial charge in [0, 0.05) is 29.4 Å². The average molecular weight is 255 g/mol. The number of anilines is 2. The summed E-state index contributed by atoms with van der Waals surface area (Å²) >= 11 is 7.41. The molecule has 4 N–H and O–H groups in total. The second kappa shape index (κ2) is 5.16. The Hall–Kier alpha value is -1.30. The van der Waals surface area contributed by atoms with E-state index in [-0.39, 0.29) is 0 Å². The zero-order chi connectivity index (χ0) is 11.4. The zero-order valence-electron chi connectivity index (χ0n) is 8.40. The molecule has 0 bridgehead atoms. The number of nitrogen functional groups attached to an aromatic ring is 1. The fraction of sp³-hybridized carbons (Fsp3) is 0.100. The summed E-state index contributed by atoms with van der Waals surface area (Å²) in [6.45, 7) is 0.741. The molecule has 4 nitrogen and oxygen atoms in total. The van der Waals surface area contributed by atoms with E-state index in [1.807, 2.05) is 24.3 Å². The molecule has 0 spiro atoms. The first-order valence-corrected chi connectivity index (χ1v) is 5.88. The van der Waals surface area contributed by atoms with Gasteiger partial charge in [0.15, 0.2) is 0 Å². The van der Waals surface area contributed by atoms with Gasteiger partial charge in [0.2, 0.25) is 0 Å². The van der Waals surface area contributed by atoms with E-state index in [1.165, 1.54) is 4.88 Å². The highest BCUT2D eigenvalue weighted by atomic mass is 35.5. The minimum atomic E-state index is 0.634. The van der Waals surface area contributed by atoms with Crippen LogP contribution in [0.5, 0.6) is 0 Å². The molecule has 6 heteroatoms. The summed E-state index contributed by atoms with van der Waals surface area (Å²) in [5.41, 5.74) is 3.47. The molecule has 0 aliphatic carbocycles. The number of hydrogen-bond donors (Lipinski definition) is 3. The molecule has 2 heterocycles. The van der Waals surface area contributed by atoms with Crippen molar-refractivity contribution < 1.29 is 0 Å². The molecule has 2 rings (SSSR count). The van der Waals surface area contributed by atoms with E-state index in [1.54, 1.807) is 17.5 Å². The van der Waals surface area contributed by atoms with Gasteiger partial charge in [-0.05, 0) is 18.2 Å². The SMILES string of the molecule is NNc1cc(NCc2ccc(Cl)s2)ccn1. The fourth-order valence-electron chi connectivity index (χ4n) is 1.26. The topological polar surface area (TPSA) is 63.0 Å². The Bertz CT molecular complexity index is 471. The number of hydrazine groups is 1. The van der Waals surface area contributed by atoms with Crippen LogP contribution in [0.15, 0.2) is 30.5 Å². The Morgan fingerprint density at radius 2 is 2.25 bits per heavy atom. The van der Waals surface area contributed by atoms with Crippen molar-refractivity contribution in [3.8, 4) is 0 Å². The molecule has 2 aromatic heterocycles. The Kier molecular flexibility index (Phi) is 3.61. The van der Waals surface area contributed by atoms with Gasteiger partial charge in [0.1, 0.15) is 5.82 Å². The smallest absolute Gasteiger partial charge is 0.141 e. The first kappa shape index (κ1) is 11.2. The van der Waals surface area contributed by atoms with Crippen LogP contribution in [0.25, 0.3) is 0 Å². The summed E-state index contributed by atoms with van der Waals surface area (Å²) in [6.07, 6.45) is 1.69. The summed E-state index contributed by atoms with van der Waals surface area (Å²) in [6, 6.07) is 7.62. The minimum Gasteiger partial charge on any atom is -0.380 e. The van der Waals surface area contributed by atoms with Crippen LogP contribution in [0, 0.1) is 0 Å². The molecule has 16 heavy (non-hydrogen) atoms. The van der Waals surface area contributed by atoms with Crippen molar-refractivity contribution in [1.82, 2.24) is 4.98 Å². The molecular formula is C10H11ClN4S. The van der Waals surface area contributed by atoms with Gasteiger partial charge in [-0.2, -0.15) is 0 Å². The summed E-state index contributed by atoms with van der Waals surface area (Å²) in [5, 5.41) is 3.27. The molecule has 0 saturated heterocycles. The quantitative estimate of drug-likeness (QED) is 0.580. The van der Waals surface area contributed by atoms with Gasteiger partial charge in [0.05, 0.1) is 4.34 Å². The molecule has 0 amide bonds. The van der Waals surface area contributed by atoms with Gasteiger partial charge in [-0.15, -0.1) is 11.3 Å². The fourth-order valence-corrected chi connectivity index (χ4v) is 2.28. The standard InChI is InChI=1S/C10H11ClN4S/c11-9-2-1-8(16-9)6-14-7-3-4-13-10(5-7)15-12/h1-5H,6,12H2,(H2,13,14,15). The molecule has 0 saturated carbocycles. The van der Waals surface area contributed by atoms with Crippen molar-refractivity contribution in [3.63, 3.8) is 0 Å². The Balaban J connectivity index is 1.99. The summed E-state index contributed by atoms with van der Waals surface area (Å²) in [4.78, 5) is 5.21.